The standard InChI is InChI=1S/C13H18N4/c1-3-9(4-2)11-8-12(15)17-7-5-6-10(14)13(17)16-11/h5-9,15H,3-4,14H2,1-2H3. The average molecular weight is 230 g/mol. The van der Waals surface area contributed by atoms with Gasteiger partial charge in [0.05, 0.1) is 5.69 Å². The van der Waals surface area contributed by atoms with Crippen molar-refractivity contribution in [3.8, 4) is 0 Å². The zero-order valence-electron chi connectivity index (χ0n) is 10.3. The fourth-order valence-electron chi connectivity index (χ4n) is 2.11. The van der Waals surface area contributed by atoms with Crippen LogP contribution >= 0.6 is 0 Å². The Balaban J connectivity index is 2.70. The Bertz CT molecular complexity index is 581. The molecule has 0 bridgehead atoms. The Morgan fingerprint density at radius 2 is 2.12 bits per heavy atom. The summed E-state index contributed by atoms with van der Waals surface area (Å²) in [7, 11) is 0. The molecule has 17 heavy (non-hydrogen) atoms. The molecule has 0 aliphatic rings. The second-order valence-corrected chi connectivity index (χ2v) is 4.24. The van der Waals surface area contributed by atoms with Crippen LogP contribution in [0.5, 0.6) is 0 Å². The van der Waals surface area contributed by atoms with E-state index in [-0.39, 0.29) is 0 Å². The minimum absolute atomic E-state index is 0.406. The van der Waals surface area contributed by atoms with E-state index in [2.05, 4.69) is 18.8 Å². The third-order valence-corrected chi connectivity index (χ3v) is 3.18. The van der Waals surface area contributed by atoms with Crippen LogP contribution < -0.4 is 11.2 Å². The molecule has 0 aliphatic heterocycles. The monoisotopic (exact) mass is 230 g/mol. The van der Waals surface area contributed by atoms with Gasteiger partial charge >= 0.3 is 0 Å². The van der Waals surface area contributed by atoms with Crippen molar-refractivity contribution in [2.24, 2.45) is 0 Å². The molecule has 0 aliphatic carbocycles. The van der Waals surface area contributed by atoms with Gasteiger partial charge in [-0.3, -0.25) is 9.81 Å². The lowest BCUT2D eigenvalue weighted by molar-refractivity contribution is 0.620. The lowest BCUT2D eigenvalue weighted by Gasteiger charge is -2.13. The second-order valence-electron chi connectivity index (χ2n) is 4.24. The normalized spacial score (nSPS) is 11.2. The van der Waals surface area contributed by atoms with Gasteiger partial charge in [0.1, 0.15) is 5.49 Å². The number of aromatic nitrogens is 2. The van der Waals surface area contributed by atoms with Gasteiger partial charge in [-0.25, -0.2) is 4.98 Å². The minimum atomic E-state index is 0.406. The van der Waals surface area contributed by atoms with Crippen molar-refractivity contribution in [2.75, 3.05) is 5.73 Å². The number of hydrogen-bond donors (Lipinski definition) is 2. The first-order chi connectivity index (χ1) is 8.17. The SMILES string of the molecule is CCC(CC)c1cc(=N)n2cccc(N)c2n1. The quantitative estimate of drug-likeness (QED) is 0.849. The van der Waals surface area contributed by atoms with E-state index in [0.29, 0.717) is 22.7 Å². The van der Waals surface area contributed by atoms with Crippen LogP contribution in [-0.2, 0) is 0 Å². The maximum atomic E-state index is 8.01. The molecule has 0 amide bonds. The van der Waals surface area contributed by atoms with Gasteiger partial charge in [-0.15, -0.1) is 0 Å². The summed E-state index contributed by atoms with van der Waals surface area (Å²) in [6.45, 7) is 4.29. The molecule has 3 N–H and O–H groups in total. The van der Waals surface area contributed by atoms with Crippen molar-refractivity contribution in [3.63, 3.8) is 0 Å². The number of nitrogens with zero attached hydrogens (tertiary/aromatic N) is 2. The van der Waals surface area contributed by atoms with Gasteiger partial charge in [-0.2, -0.15) is 0 Å². The highest BCUT2D eigenvalue weighted by Crippen LogP contribution is 2.21. The van der Waals surface area contributed by atoms with Crippen LogP contribution in [0.2, 0.25) is 0 Å². The summed E-state index contributed by atoms with van der Waals surface area (Å²) in [4.78, 5) is 4.60. The Hall–Kier alpha value is -1.84. The van der Waals surface area contributed by atoms with Crippen molar-refractivity contribution < 1.29 is 0 Å². The van der Waals surface area contributed by atoms with Crippen LogP contribution in [0, 0.1) is 5.41 Å². The van der Waals surface area contributed by atoms with Gasteiger partial charge in [-0.05, 0) is 25.0 Å². The highest BCUT2D eigenvalue weighted by atomic mass is 15.0. The van der Waals surface area contributed by atoms with E-state index in [1.165, 1.54) is 0 Å². The van der Waals surface area contributed by atoms with Crippen LogP contribution in [0.4, 0.5) is 5.69 Å². The highest BCUT2D eigenvalue weighted by Gasteiger charge is 2.11. The third-order valence-electron chi connectivity index (χ3n) is 3.18. The number of pyridine rings is 1. The van der Waals surface area contributed by atoms with Crippen molar-refractivity contribution in [1.29, 1.82) is 5.41 Å². The maximum absolute atomic E-state index is 8.01. The predicted molar refractivity (Wildman–Crippen MR) is 68.8 cm³/mol. The Morgan fingerprint density at radius 1 is 1.41 bits per heavy atom. The molecular formula is C13H18N4. The number of hydrogen-bond acceptors (Lipinski definition) is 3. The highest BCUT2D eigenvalue weighted by molar-refractivity contribution is 5.63. The average Bonchev–Trinajstić information content (AvgIpc) is 2.32. The van der Waals surface area contributed by atoms with Gasteiger partial charge in [0.15, 0.2) is 5.65 Å². The molecule has 0 radical (unpaired) electrons. The number of nitrogen functional groups attached to an aromatic ring is 1. The number of nitrogens with two attached hydrogens (primary N) is 1. The third kappa shape index (κ3) is 2.02. The van der Waals surface area contributed by atoms with E-state index >= 15 is 0 Å². The van der Waals surface area contributed by atoms with Crippen molar-refractivity contribution in [3.05, 3.63) is 35.6 Å². The van der Waals surface area contributed by atoms with Gasteiger partial charge in [-0.1, -0.05) is 13.8 Å². The molecule has 0 spiro atoms. The van der Waals surface area contributed by atoms with Crippen LogP contribution in [0.3, 0.4) is 0 Å². The van der Waals surface area contributed by atoms with Gasteiger partial charge in [0.2, 0.25) is 0 Å². The summed E-state index contributed by atoms with van der Waals surface area (Å²) >= 11 is 0. The molecule has 4 nitrogen and oxygen atoms in total. The van der Waals surface area contributed by atoms with E-state index in [1.807, 2.05) is 24.4 Å². The summed E-state index contributed by atoms with van der Waals surface area (Å²) in [5.74, 6) is 0.406. The van der Waals surface area contributed by atoms with E-state index in [4.69, 9.17) is 11.1 Å². The van der Waals surface area contributed by atoms with Crippen molar-refractivity contribution >= 4 is 11.3 Å². The number of nitrogens with one attached hydrogen (secondary N) is 1. The van der Waals surface area contributed by atoms with E-state index in [0.717, 1.165) is 18.5 Å². The molecule has 4 heteroatoms. The molecule has 90 valence electrons. The van der Waals surface area contributed by atoms with Gasteiger partial charge in [0.25, 0.3) is 0 Å². The maximum Gasteiger partial charge on any atom is 0.161 e. The van der Waals surface area contributed by atoms with Crippen LogP contribution in [0.25, 0.3) is 5.65 Å². The first-order valence-corrected chi connectivity index (χ1v) is 5.99. The van der Waals surface area contributed by atoms with Crippen LogP contribution in [0.15, 0.2) is 24.4 Å². The predicted octanol–water partition coefficient (Wildman–Crippen LogP) is 2.30. The molecule has 0 fully saturated rings. The van der Waals surface area contributed by atoms with Gasteiger partial charge in [0, 0.05) is 23.9 Å². The Labute approximate surface area is 101 Å². The van der Waals surface area contributed by atoms with Crippen molar-refractivity contribution in [1.82, 2.24) is 9.38 Å². The molecular weight excluding hydrogens is 212 g/mol. The van der Waals surface area contributed by atoms with E-state index < -0.39 is 0 Å². The molecule has 2 aromatic heterocycles. The first-order valence-electron chi connectivity index (χ1n) is 5.99. The Kier molecular flexibility index (Phi) is 3.13. The van der Waals surface area contributed by atoms with Crippen LogP contribution in [0.1, 0.15) is 38.3 Å². The fourth-order valence-corrected chi connectivity index (χ4v) is 2.11. The minimum Gasteiger partial charge on any atom is -0.396 e. The molecule has 2 heterocycles. The first kappa shape index (κ1) is 11.6. The van der Waals surface area contributed by atoms with Crippen LogP contribution in [-0.4, -0.2) is 9.38 Å². The van der Waals surface area contributed by atoms with Gasteiger partial charge < -0.3 is 5.73 Å². The molecule has 0 atom stereocenters. The second kappa shape index (κ2) is 4.57. The largest absolute Gasteiger partial charge is 0.396 e. The number of anilines is 1. The summed E-state index contributed by atoms with van der Waals surface area (Å²) in [6.07, 6.45) is 3.88. The molecule has 0 saturated carbocycles. The molecule has 0 aromatic carbocycles. The fraction of sp³-hybridized carbons (Fsp3) is 0.385. The lowest BCUT2D eigenvalue weighted by Crippen LogP contribution is -2.18. The lowest BCUT2D eigenvalue weighted by atomic mass is 9.99. The summed E-state index contributed by atoms with van der Waals surface area (Å²) in [5.41, 5.74) is 8.62. The molecule has 0 saturated heterocycles. The zero-order valence-corrected chi connectivity index (χ0v) is 10.3. The number of rotatable bonds is 3. The van der Waals surface area contributed by atoms with E-state index in [1.54, 1.807) is 4.40 Å². The smallest absolute Gasteiger partial charge is 0.161 e. The van der Waals surface area contributed by atoms with E-state index in [9.17, 15) is 0 Å². The summed E-state index contributed by atoms with van der Waals surface area (Å²) in [6, 6.07) is 5.49. The number of fused-ring (bicyclic) bond motifs is 1. The van der Waals surface area contributed by atoms with Crippen molar-refractivity contribution in [2.45, 2.75) is 32.6 Å². The molecule has 0 unspecified atom stereocenters. The molecule has 2 aromatic rings. The zero-order chi connectivity index (χ0) is 12.4. The molecule has 2 rings (SSSR count). The topological polar surface area (TPSA) is 67.2 Å². The summed E-state index contributed by atoms with van der Waals surface area (Å²) in [5, 5.41) is 8.01. The Morgan fingerprint density at radius 3 is 2.76 bits per heavy atom. The summed E-state index contributed by atoms with van der Waals surface area (Å²) < 4.78 is 1.71.